The molecule has 66 valence electrons. The monoisotopic (exact) mass is 165 g/mol. The number of aromatic nitrogens is 1. The Labute approximate surface area is 73.3 Å². The smallest absolute Gasteiger partial charge is 0.0502 e. The minimum Gasteiger partial charge on any atom is -0.396 e. The molecule has 0 aromatic carbocycles. The Kier molecular flexibility index (Phi) is 3.23. The maximum atomic E-state index is 9.13. The van der Waals surface area contributed by atoms with Crippen molar-refractivity contribution >= 4 is 0 Å². The number of aliphatic hydroxyl groups excluding tert-OH is 1. The van der Waals surface area contributed by atoms with Gasteiger partial charge in [0.2, 0.25) is 0 Å². The summed E-state index contributed by atoms with van der Waals surface area (Å²) in [5.41, 5.74) is 1.17. The summed E-state index contributed by atoms with van der Waals surface area (Å²) in [6.07, 6.45) is 3.53. The van der Waals surface area contributed by atoms with E-state index in [9.17, 15) is 0 Å². The average molecular weight is 165 g/mol. The Hall–Kier alpha value is -0.890. The third-order valence-electron chi connectivity index (χ3n) is 2.14. The quantitative estimate of drug-likeness (QED) is 0.741. The number of aliphatic hydroxyl groups is 1. The first-order valence-electron chi connectivity index (χ1n) is 4.26. The Balaban J connectivity index is 2.80. The first kappa shape index (κ1) is 9.20. The van der Waals surface area contributed by atoms with Crippen LogP contribution in [0.25, 0.3) is 0 Å². The number of hydrogen-bond donors (Lipinski definition) is 1. The maximum absolute atomic E-state index is 9.13. The van der Waals surface area contributed by atoms with Crippen LogP contribution in [0.1, 0.15) is 25.3 Å². The Morgan fingerprint density at radius 2 is 1.92 bits per heavy atom. The number of rotatable bonds is 3. The number of hydrogen-bond acceptors (Lipinski definition) is 2. The van der Waals surface area contributed by atoms with Crippen molar-refractivity contribution < 1.29 is 5.11 Å². The molecule has 0 aliphatic rings. The van der Waals surface area contributed by atoms with E-state index in [1.165, 1.54) is 5.56 Å². The lowest BCUT2D eigenvalue weighted by Gasteiger charge is -2.17. The number of nitrogens with zero attached hydrogens (tertiary/aromatic N) is 1. The van der Waals surface area contributed by atoms with E-state index in [2.05, 4.69) is 18.8 Å². The largest absolute Gasteiger partial charge is 0.396 e. The molecule has 0 saturated heterocycles. The minimum absolute atomic E-state index is 0.210. The lowest BCUT2D eigenvalue weighted by Crippen LogP contribution is -2.10. The van der Waals surface area contributed by atoms with E-state index in [0.29, 0.717) is 5.92 Å². The fourth-order valence-corrected chi connectivity index (χ4v) is 1.31. The van der Waals surface area contributed by atoms with Crippen LogP contribution in [0.5, 0.6) is 0 Å². The second kappa shape index (κ2) is 4.21. The topological polar surface area (TPSA) is 33.1 Å². The molecule has 0 unspecified atom stereocenters. The van der Waals surface area contributed by atoms with Crippen molar-refractivity contribution in [2.24, 2.45) is 5.92 Å². The summed E-state index contributed by atoms with van der Waals surface area (Å²) in [5.74, 6) is 0.713. The molecule has 12 heavy (non-hydrogen) atoms. The van der Waals surface area contributed by atoms with Crippen molar-refractivity contribution in [3.05, 3.63) is 30.1 Å². The molecular weight excluding hydrogens is 150 g/mol. The molecule has 1 heterocycles. The van der Waals surface area contributed by atoms with Gasteiger partial charge in [-0.3, -0.25) is 4.98 Å². The van der Waals surface area contributed by atoms with Gasteiger partial charge in [0.15, 0.2) is 0 Å². The van der Waals surface area contributed by atoms with E-state index < -0.39 is 0 Å². The summed E-state index contributed by atoms with van der Waals surface area (Å²) >= 11 is 0. The predicted octanol–water partition coefficient (Wildman–Crippen LogP) is 1.81. The third kappa shape index (κ3) is 2.05. The third-order valence-corrected chi connectivity index (χ3v) is 2.14. The van der Waals surface area contributed by atoms with Crippen molar-refractivity contribution in [2.75, 3.05) is 6.61 Å². The van der Waals surface area contributed by atoms with Crippen LogP contribution >= 0.6 is 0 Å². The van der Waals surface area contributed by atoms with Crippen molar-refractivity contribution in [1.82, 2.24) is 4.98 Å². The van der Waals surface area contributed by atoms with Crippen LogP contribution in [-0.4, -0.2) is 16.7 Å². The summed E-state index contributed by atoms with van der Waals surface area (Å²) in [6.45, 7) is 4.43. The van der Waals surface area contributed by atoms with Crippen LogP contribution in [0.4, 0.5) is 0 Å². The molecule has 0 aliphatic carbocycles. The highest BCUT2D eigenvalue weighted by Crippen LogP contribution is 2.22. The van der Waals surface area contributed by atoms with Gasteiger partial charge in [0.05, 0.1) is 6.61 Å². The molecule has 0 spiro atoms. The van der Waals surface area contributed by atoms with Gasteiger partial charge < -0.3 is 5.11 Å². The van der Waals surface area contributed by atoms with Crippen molar-refractivity contribution in [2.45, 2.75) is 19.8 Å². The van der Waals surface area contributed by atoms with E-state index in [1.807, 2.05) is 12.1 Å². The Morgan fingerprint density at radius 3 is 2.33 bits per heavy atom. The van der Waals surface area contributed by atoms with Gasteiger partial charge in [0.25, 0.3) is 0 Å². The minimum atomic E-state index is 0.210. The molecule has 0 fully saturated rings. The van der Waals surface area contributed by atoms with Gasteiger partial charge >= 0.3 is 0 Å². The molecule has 0 amide bonds. The summed E-state index contributed by atoms with van der Waals surface area (Å²) in [7, 11) is 0. The van der Waals surface area contributed by atoms with Crippen LogP contribution in [0.15, 0.2) is 24.5 Å². The van der Waals surface area contributed by atoms with Gasteiger partial charge in [-0.05, 0) is 23.6 Å². The molecule has 2 nitrogen and oxygen atoms in total. The van der Waals surface area contributed by atoms with E-state index in [-0.39, 0.29) is 12.5 Å². The Bertz CT molecular complexity index is 221. The van der Waals surface area contributed by atoms with Gasteiger partial charge in [-0.1, -0.05) is 13.8 Å². The first-order chi connectivity index (χ1) is 5.75. The maximum Gasteiger partial charge on any atom is 0.0502 e. The highest BCUT2D eigenvalue weighted by Gasteiger charge is 2.13. The molecule has 0 bridgehead atoms. The molecule has 0 saturated carbocycles. The van der Waals surface area contributed by atoms with E-state index in [1.54, 1.807) is 12.4 Å². The average Bonchev–Trinajstić information content (AvgIpc) is 2.07. The summed E-state index contributed by atoms with van der Waals surface area (Å²) in [4.78, 5) is 3.94. The fraction of sp³-hybridized carbons (Fsp3) is 0.500. The number of pyridine rings is 1. The van der Waals surface area contributed by atoms with Gasteiger partial charge in [-0.25, -0.2) is 0 Å². The van der Waals surface area contributed by atoms with E-state index >= 15 is 0 Å². The lowest BCUT2D eigenvalue weighted by molar-refractivity contribution is 0.237. The van der Waals surface area contributed by atoms with Gasteiger partial charge in [-0.15, -0.1) is 0 Å². The highest BCUT2D eigenvalue weighted by molar-refractivity contribution is 5.16. The molecule has 1 aromatic rings. The zero-order chi connectivity index (χ0) is 8.97. The molecule has 1 rings (SSSR count). The lowest BCUT2D eigenvalue weighted by atomic mass is 9.90. The zero-order valence-corrected chi connectivity index (χ0v) is 7.57. The summed E-state index contributed by atoms with van der Waals surface area (Å²) in [5, 5.41) is 9.13. The van der Waals surface area contributed by atoms with Gasteiger partial charge in [-0.2, -0.15) is 0 Å². The standard InChI is InChI=1S/C10H15NO/c1-8(2)10(7-12)9-3-5-11-6-4-9/h3-6,8,10,12H,7H2,1-2H3/t10-/m1/s1. The predicted molar refractivity (Wildman–Crippen MR) is 48.9 cm³/mol. The van der Waals surface area contributed by atoms with Crippen LogP contribution in [0.3, 0.4) is 0 Å². The second-order valence-corrected chi connectivity index (χ2v) is 3.31. The molecule has 1 aromatic heterocycles. The Morgan fingerprint density at radius 1 is 1.33 bits per heavy atom. The molecule has 1 atom stereocenters. The van der Waals surface area contributed by atoms with Gasteiger partial charge in [0.1, 0.15) is 0 Å². The van der Waals surface area contributed by atoms with Crippen LogP contribution < -0.4 is 0 Å². The van der Waals surface area contributed by atoms with Crippen LogP contribution in [0, 0.1) is 5.92 Å². The summed E-state index contributed by atoms with van der Waals surface area (Å²) in [6, 6.07) is 3.92. The molecule has 1 N–H and O–H groups in total. The first-order valence-corrected chi connectivity index (χ1v) is 4.26. The fourth-order valence-electron chi connectivity index (χ4n) is 1.31. The zero-order valence-electron chi connectivity index (χ0n) is 7.57. The SMILES string of the molecule is CC(C)[C@@H](CO)c1ccncc1. The highest BCUT2D eigenvalue weighted by atomic mass is 16.3. The van der Waals surface area contributed by atoms with E-state index in [4.69, 9.17) is 5.11 Å². The second-order valence-electron chi connectivity index (χ2n) is 3.31. The molecule has 0 aliphatic heterocycles. The van der Waals surface area contributed by atoms with Crippen molar-refractivity contribution in [3.8, 4) is 0 Å². The van der Waals surface area contributed by atoms with Gasteiger partial charge in [0, 0.05) is 18.3 Å². The van der Waals surface area contributed by atoms with Crippen LogP contribution in [-0.2, 0) is 0 Å². The summed E-state index contributed by atoms with van der Waals surface area (Å²) < 4.78 is 0. The molecule has 0 radical (unpaired) electrons. The molecular formula is C10H15NO. The van der Waals surface area contributed by atoms with Crippen molar-refractivity contribution in [3.63, 3.8) is 0 Å². The normalized spacial score (nSPS) is 13.3. The van der Waals surface area contributed by atoms with E-state index in [0.717, 1.165) is 0 Å². The van der Waals surface area contributed by atoms with Crippen molar-refractivity contribution in [1.29, 1.82) is 0 Å². The van der Waals surface area contributed by atoms with Crippen LogP contribution in [0.2, 0.25) is 0 Å². The molecule has 2 heteroatoms.